The second-order valence-electron chi connectivity index (χ2n) is 4.05. The first-order chi connectivity index (χ1) is 9.06. The van der Waals surface area contributed by atoms with Gasteiger partial charge < -0.3 is 5.73 Å². The second kappa shape index (κ2) is 4.51. The van der Waals surface area contributed by atoms with Crippen molar-refractivity contribution in [1.29, 1.82) is 0 Å². The highest BCUT2D eigenvalue weighted by Crippen LogP contribution is 2.29. The summed E-state index contributed by atoms with van der Waals surface area (Å²) < 4.78 is 15.7. The molecule has 96 valence electrons. The van der Waals surface area contributed by atoms with Crippen LogP contribution >= 0.6 is 27.5 Å². The van der Waals surface area contributed by atoms with Crippen LogP contribution in [-0.2, 0) is 0 Å². The molecular formula is C13H8BrClFN3. The third-order valence-electron chi connectivity index (χ3n) is 2.81. The van der Waals surface area contributed by atoms with Crippen molar-refractivity contribution in [3.63, 3.8) is 0 Å². The molecule has 0 bridgehead atoms. The molecule has 3 aromatic rings. The normalized spacial score (nSPS) is 11.1. The number of pyridine rings is 1. The Morgan fingerprint density at radius 2 is 2.05 bits per heavy atom. The number of nitrogen functional groups attached to an aromatic ring is 1. The minimum absolute atomic E-state index is 0.355. The first-order valence-corrected chi connectivity index (χ1v) is 6.62. The predicted molar refractivity (Wildman–Crippen MR) is 77.7 cm³/mol. The Morgan fingerprint density at radius 3 is 2.79 bits per heavy atom. The van der Waals surface area contributed by atoms with Crippen LogP contribution in [0.5, 0.6) is 0 Å². The van der Waals surface area contributed by atoms with Gasteiger partial charge in [0.05, 0.1) is 9.50 Å². The fourth-order valence-corrected chi connectivity index (χ4v) is 2.30. The van der Waals surface area contributed by atoms with E-state index in [9.17, 15) is 4.39 Å². The highest BCUT2D eigenvalue weighted by Gasteiger charge is 2.13. The number of rotatable bonds is 1. The molecule has 0 amide bonds. The Hall–Kier alpha value is -1.59. The molecule has 0 aliphatic carbocycles. The summed E-state index contributed by atoms with van der Waals surface area (Å²) in [5.74, 6) is 0.0752. The molecular weight excluding hydrogens is 333 g/mol. The van der Waals surface area contributed by atoms with Crippen LogP contribution in [0, 0.1) is 5.82 Å². The van der Waals surface area contributed by atoms with Crippen LogP contribution in [0.3, 0.4) is 0 Å². The molecule has 0 saturated heterocycles. The third-order valence-corrected chi connectivity index (χ3v) is 3.68. The number of nitrogens with two attached hydrogens (primary N) is 1. The predicted octanol–water partition coefficient (Wildman–Crippen LogP) is 4.14. The first kappa shape index (κ1) is 12.4. The van der Waals surface area contributed by atoms with Crippen LogP contribution in [-0.4, -0.2) is 9.38 Å². The lowest BCUT2D eigenvalue weighted by atomic mass is 10.1. The molecule has 0 atom stereocenters. The van der Waals surface area contributed by atoms with Gasteiger partial charge in [0, 0.05) is 11.8 Å². The molecule has 0 radical (unpaired) electrons. The number of hydrogen-bond donors (Lipinski definition) is 1. The lowest BCUT2D eigenvalue weighted by Gasteiger charge is -2.01. The number of anilines is 1. The molecule has 3 rings (SSSR count). The maximum absolute atomic E-state index is 13.6. The minimum Gasteiger partial charge on any atom is -0.383 e. The van der Waals surface area contributed by atoms with Gasteiger partial charge in [-0.1, -0.05) is 17.7 Å². The van der Waals surface area contributed by atoms with Gasteiger partial charge in [0.15, 0.2) is 0 Å². The zero-order valence-electron chi connectivity index (χ0n) is 9.57. The Bertz CT molecular complexity index is 785. The van der Waals surface area contributed by atoms with Crippen molar-refractivity contribution in [2.24, 2.45) is 0 Å². The van der Waals surface area contributed by atoms with Gasteiger partial charge in [0.1, 0.15) is 23.0 Å². The van der Waals surface area contributed by atoms with Gasteiger partial charge >= 0.3 is 0 Å². The quantitative estimate of drug-likeness (QED) is 0.723. The molecule has 6 heteroatoms. The smallest absolute Gasteiger partial charge is 0.139 e. The first-order valence-electron chi connectivity index (χ1n) is 5.45. The van der Waals surface area contributed by atoms with Gasteiger partial charge in [-0.05, 0) is 40.2 Å². The summed E-state index contributed by atoms with van der Waals surface area (Å²) >= 11 is 9.04. The Labute approximate surface area is 122 Å². The van der Waals surface area contributed by atoms with E-state index >= 15 is 0 Å². The molecule has 0 saturated carbocycles. The van der Waals surface area contributed by atoms with E-state index in [4.69, 9.17) is 17.3 Å². The van der Waals surface area contributed by atoms with Crippen LogP contribution in [0.2, 0.25) is 5.02 Å². The van der Waals surface area contributed by atoms with Crippen molar-refractivity contribution in [3.05, 3.63) is 51.8 Å². The van der Waals surface area contributed by atoms with Gasteiger partial charge in [0.2, 0.25) is 0 Å². The number of hydrogen-bond acceptors (Lipinski definition) is 2. The maximum atomic E-state index is 13.6. The number of imidazole rings is 1. The Balaban J connectivity index is 2.24. The number of nitrogens with zero attached hydrogens (tertiary/aromatic N) is 2. The lowest BCUT2D eigenvalue weighted by Crippen LogP contribution is -1.94. The zero-order valence-corrected chi connectivity index (χ0v) is 11.9. The van der Waals surface area contributed by atoms with Crippen molar-refractivity contribution in [2.45, 2.75) is 0 Å². The summed E-state index contributed by atoms with van der Waals surface area (Å²) in [4.78, 5) is 4.39. The SMILES string of the molecule is Nc1c(-c2ccc(Br)c(F)c2)nc2ccc(Cl)cn12. The van der Waals surface area contributed by atoms with Crippen molar-refractivity contribution in [3.8, 4) is 11.3 Å². The molecule has 0 unspecified atom stereocenters. The van der Waals surface area contributed by atoms with E-state index < -0.39 is 0 Å². The summed E-state index contributed by atoms with van der Waals surface area (Å²) in [5.41, 5.74) is 7.86. The van der Waals surface area contributed by atoms with Crippen LogP contribution in [0.1, 0.15) is 0 Å². The second-order valence-corrected chi connectivity index (χ2v) is 5.34. The van der Waals surface area contributed by atoms with Gasteiger partial charge in [-0.25, -0.2) is 9.37 Å². The Morgan fingerprint density at radius 1 is 1.26 bits per heavy atom. The van der Waals surface area contributed by atoms with E-state index in [2.05, 4.69) is 20.9 Å². The third kappa shape index (κ3) is 2.09. The number of aromatic nitrogens is 2. The highest BCUT2D eigenvalue weighted by molar-refractivity contribution is 9.10. The lowest BCUT2D eigenvalue weighted by molar-refractivity contribution is 0.621. The molecule has 2 N–H and O–H groups in total. The molecule has 0 aliphatic heterocycles. The van der Waals surface area contributed by atoms with E-state index in [-0.39, 0.29) is 5.82 Å². The molecule has 1 aromatic carbocycles. The molecule has 3 nitrogen and oxygen atoms in total. The van der Waals surface area contributed by atoms with E-state index in [1.54, 1.807) is 34.9 Å². The molecule has 19 heavy (non-hydrogen) atoms. The summed E-state index contributed by atoms with van der Waals surface area (Å²) in [7, 11) is 0. The topological polar surface area (TPSA) is 43.3 Å². The van der Waals surface area contributed by atoms with Gasteiger partial charge in [-0.3, -0.25) is 4.40 Å². The van der Waals surface area contributed by atoms with Crippen molar-refractivity contribution in [1.82, 2.24) is 9.38 Å². The standard InChI is InChI=1S/C13H8BrClFN3/c14-9-3-1-7(5-10(9)16)12-13(17)19-6-8(15)2-4-11(19)18-12/h1-6H,17H2. The van der Waals surface area contributed by atoms with Crippen molar-refractivity contribution in [2.75, 3.05) is 5.73 Å². The molecule has 0 spiro atoms. The molecule has 2 aromatic heterocycles. The largest absolute Gasteiger partial charge is 0.383 e. The molecule has 2 heterocycles. The van der Waals surface area contributed by atoms with Crippen LogP contribution in [0.4, 0.5) is 10.2 Å². The highest BCUT2D eigenvalue weighted by atomic mass is 79.9. The summed E-state index contributed by atoms with van der Waals surface area (Å²) in [5, 5.41) is 0.560. The van der Waals surface area contributed by atoms with E-state index in [1.165, 1.54) is 6.07 Å². The van der Waals surface area contributed by atoms with Crippen LogP contribution < -0.4 is 5.73 Å². The monoisotopic (exact) mass is 339 g/mol. The van der Waals surface area contributed by atoms with Gasteiger partial charge in [0.25, 0.3) is 0 Å². The molecule has 0 fully saturated rings. The summed E-state index contributed by atoms with van der Waals surface area (Å²) in [6.45, 7) is 0. The van der Waals surface area contributed by atoms with E-state index in [1.807, 2.05) is 0 Å². The number of fused-ring (bicyclic) bond motifs is 1. The molecule has 0 aliphatic rings. The van der Waals surface area contributed by atoms with Crippen molar-refractivity contribution >= 4 is 39.0 Å². The fraction of sp³-hybridized carbons (Fsp3) is 0. The average molecular weight is 341 g/mol. The van der Waals surface area contributed by atoms with E-state index in [0.29, 0.717) is 32.2 Å². The minimum atomic E-state index is -0.355. The Kier molecular flexibility index (Phi) is 2.95. The van der Waals surface area contributed by atoms with Crippen LogP contribution in [0.15, 0.2) is 41.0 Å². The number of halogens is 3. The zero-order chi connectivity index (χ0) is 13.6. The van der Waals surface area contributed by atoms with Crippen molar-refractivity contribution < 1.29 is 4.39 Å². The summed E-state index contributed by atoms with van der Waals surface area (Å²) in [6.07, 6.45) is 1.68. The summed E-state index contributed by atoms with van der Waals surface area (Å²) in [6, 6.07) is 8.27. The fourth-order valence-electron chi connectivity index (χ4n) is 1.89. The number of benzene rings is 1. The van der Waals surface area contributed by atoms with Gasteiger partial charge in [-0.2, -0.15) is 0 Å². The van der Waals surface area contributed by atoms with Gasteiger partial charge in [-0.15, -0.1) is 0 Å². The maximum Gasteiger partial charge on any atom is 0.139 e. The van der Waals surface area contributed by atoms with Crippen LogP contribution in [0.25, 0.3) is 16.9 Å². The average Bonchev–Trinajstić information content (AvgIpc) is 2.70. The van der Waals surface area contributed by atoms with E-state index in [0.717, 1.165) is 0 Å².